The Morgan fingerprint density at radius 2 is 0.360 bits per heavy atom. The van der Waals surface area contributed by atoms with Gasteiger partial charge in [0.25, 0.3) is 0 Å². The second kappa shape index (κ2) is 31.0. The average Bonchev–Trinajstić information content (AvgIpc) is 0.821. The third kappa shape index (κ3) is 14.8. The summed E-state index contributed by atoms with van der Waals surface area (Å²) in [7, 11) is 0. The minimum atomic E-state index is 0.837. The normalized spacial score (nSPS) is 41.5. The Balaban J connectivity index is 0.656. The lowest BCUT2D eigenvalue weighted by Gasteiger charge is -2.65. The quantitative estimate of drug-likeness (QED) is 0.143. The molecule has 486 valence electrons. The van der Waals surface area contributed by atoms with Gasteiger partial charge in [0.2, 0.25) is 0 Å². The zero-order valence-electron chi connectivity index (χ0n) is 56.4. The fourth-order valence-corrected chi connectivity index (χ4v) is 25.9. The topological polar surface area (TPSA) is 13.0 Å². The van der Waals surface area contributed by atoms with Gasteiger partial charge in [-0.1, -0.05) is 178 Å². The number of allylic oxidation sites excluding steroid dienone is 4. The van der Waals surface area contributed by atoms with Gasteiger partial charge >= 0.3 is 0 Å². The summed E-state index contributed by atoms with van der Waals surface area (Å²) in [4.78, 5) is 13.6. The fraction of sp³-hybridized carbons (Fsp3) is 0.951. The van der Waals surface area contributed by atoms with E-state index in [2.05, 4.69) is 43.9 Å². The molecule has 0 N–H and O–H groups in total. The Morgan fingerprint density at radius 3 is 0.616 bits per heavy atom. The lowest BCUT2D eigenvalue weighted by Crippen LogP contribution is -2.68. The third-order valence-corrected chi connectivity index (χ3v) is 30.0. The molecule has 0 aromatic carbocycles. The molecule has 4 heteroatoms. The van der Waals surface area contributed by atoms with Crippen LogP contribution in [0.4, 0.5) is 0 Å². The molecule has 14 aliphatic carbocycles. The van der Waals surface area contributed by atoms with Gasteiger partial charge in [-0.2, -0.15) is 0 Å². The molecule has 14 fully saturated rings. The molecular formula is C82H138N4. The molecule has 0 aliphatic heterocycles. The Morgan fingerprint density at radius 1 is 0.163 bits per heavy atom. The predicted molar refractivity (Wildman–Crippen MR) is 365 cm³/mol. The molecule has 0 amide bonds. The van der Waals surface area contributed by atoms with Crippen molar-refractivity contribution in [3.8, 4) is 0 Å². The van der Waals surface area contributed by atoms with Crippen molar-refractivity contribution in [2.75, 3.05) is 0 Å². The largest absolute Gasteiger partial charge is 0.294 e. The molecule has 86 heavy (non-hydrogen) atoms. The SMILES string of the molecule is C(=CC1CCC(N(C2CCCCC2)C2C3CCCCC3CC3C2CC2CCCCC2C3N(C2CCCCC2)C2CCC(C=CC3CCC(N(C4CCCCC4)C4CCCCC4)CC3)CC2)CC1)C1CCC(N(C2CCCCC2)C2CCCCC2)CC1. The standard InChI is InChI=1S/C82H138N4/c1-7-25-67(26-8-1)83(68-27-9-2-10-28-68)73-51-43-61(44-52-73)39-41-63-47-55-75(56-48-63)85(71-33-15-5-16-34-71)81-77-37-21-19-23-65(77)60-80-79(81)59-66-24-20-22-38-78(66)82(80)86(72-35-17-6-18-36-72)76-57-49-64(50-58-76)42-40-62-45-53-74(54-46-62)84(69-29-11-3-12-30-69)70-31-13-4-14-32-70/h39-42,61-82H,1-38,43-60H2. The molecule has 14 saturated carbocycles. The van der Waals surface area contributed by atoms with E-state index >= 15 is 0 Å². The molecule has 14 rings (SSSR count). The summed E-state index contributed by atoms with van der Waals surface area (Å²) in [6.45, 7) is 0. The number of nitrogens with zero attached hydrogens (tertiary/aromatic N) is 4. The molecule has 14 aliphatic rings. The Labute approximate surface area is 532 Å². The van der Waals surface area contributed by atoms with E-state index in [1.807, 2.05) is 0 Å². The van der Waals surface area contributed by atoms with E-state index in [4.69, 9.17) is 0 Å². The van der Waals surface area contributed by atoms with Crippen molar-refractivity contribution in [3.05, 3.63) is 24.3 Å². The number of rotatable bonds is 16. The maximum Gasteiger partial charge on any atom is 0.0164 e. The van der Waals surface area contributed by atoms with Crippen LogP contribution in [0.1, 0.15) is 360 Å². The van der Waals surface area contributed by atoms with Crippen molar-refractivity contribution in [2.24, 2.45) is 59.2 Å². The van der Waals surface area contributed by atoms with Crippen LogP contribution in [0.25, 0.3) is 0 Å². The number of fused-ring (bicyclic) bond motifs is 3. The van der Waals surface area contributed by atoms with Gasteiger partial charge in [0.05, 0.1) is 0 Å². The van der Waals surface area contributed by atoms with Crippen molar-refractivity contribution in [2.45, 2.75) is 432 Å². The summed E-state index contributed by atoms with van der Waals surface area (Å²) in [6.07, 6.45) is 95.9. The highest BCUT2D eigenvalue weighted by Crippen LogP contribution is 2.60. The van der Waals surface area contributed by atoms with E-state index in [1.54, 1.807) is 38.5 Å². The van der Waals surface area contributed by atoms with Crippen LogP contribution < -0.4 is 0 Å². The Bertz CT molecular complexity index is 1830. The van der Waals surface area contributed by atoms with E-state index in [-0.39, 0.29) is 0 Å². The molecule has 0 radical (unpaired) electrons. The van der Waals surface area contributed by atoms with Crippen molar-refractivity contribution in [3.63, 3.8) is 0 Å². The molecule has 8 unspecified atom stereocenters. The van der Waals surface area contributed by atoms with E-state index < -0.39 is 0 Å². The summed E-state index contributed by atoms with van der Waals surface area (Å²) >= 11 is 0. The van der Waals surface area contributed by atoms with Gasteiger partial charge in [0.1, 0.15) is 0 Å². The van der Waals surface area contributed by atoms with Crippen LogP contribution in [0.2, 0.25) is 0 Å². The van der Waals surface area contributed by atoms with Crippen LogP contribution in [0, 0.1) is 59.2 Å². The lowest BCUT2D eigenvalue weighted by atomic mass is 9.50. The van der Waals surface area contributed by atoms with Crippen molar-refractivity contribution >= 4 is 0 Å². The predicted octanol–water partition coefficient (Wildman–Crippen LogP) is 21.9. The van der Waals surface area contributed by atoms with E-state index in [0.717, 1.165) is 132 Å². The molecule has 0 spiro atoms. The van der Waals surface area contributed by atoms with E-state index in [1.165, 1.54) is 321 Å². The van der Waals surface area contributed by atoms with Crippen LogP contribution in [0.3, 0.4) is 0 Å². The summed E-state index contributed by atoms with van der Waals surface area (Å²) < 4.78 is 0. The Kier molecular flexibility index (Phi) is 22.7. The van der Waals surface area contributed by atoms with Crippen molar-refractivity contribution in [1.29, 1.82) is 0 Å². The third-order valence-electron chi connectivity index (χ3n) is 30.0. The number of hydrogen-bond acceptors (Lipinski definition) is 4. The molecule has 4 nitrogen and oxygen atoms in total. The summed E-state index contributed by atoms with van der Waals surface area (Å²) in [5.41, 5.74) is 0. The minimum Gasteiger partial charge on any atom is -0.294 e. The van der Waals surface area contributed by atoms with Crippen LogP contribution in [-0.2, 0) is 0 Å². The summed E-state index contributed by atoms with van der Waals surface area (Å²) in [5, 5.41) is 0. The summed E-state index contributed by atoms with van der Waals surface area (Å²) in [6, 6.07) is 10.6. The van der Waals surface area contributed by atoms with Gasteiger partial charge in [-0.15, -0.1) is 0 Å². The highest BCUT2D eigenvalue weighted by molar-refractivity contribution is 5.12. The van der Waals surface area contributed by atoms with Crippen LogP contribution in [0.5, 0.6) is 0 Å². The second-order valence-electron chi connectivity index (χ2n) is 34.8. The van der Waals surface area contributed by atoms with Crippen LogP contribution >= 0.6 is 0 Å². The van der Waals surface area contributed by atoms with Gasteiger partial charge in [0.15, 0.2) is 0 Å². The average molecular weight is 1180 g/mol. The first-order valence-electron chi connectivity index (χ1n) is 41.1. The molecule has 8 atom stereocenters. The van der Waals surface area contributed by atoms with Crippen LogP contribution in [-0.4, -0.2) is 92.1 Å². The van der Waals surface area contributed by atoms with E-state index in [0.29, 0.717) is 0 Å². The maximum atomic E-state index is 3.57. The van der Waals surface area contributed by atoms with Crippen molar-refractivity contribution in [1.82, 2.24) is 19.6 Å². The van der Waals surface area contributed by atoms with Crippen molar-refractivity contribution < 1.29 is 0 Å². The second-order valence-corrected chi connectivity index (χ2v) is 34.8. The van der Waals surface area contributed by atoms with Crippen LogP contribution in [0.15, 0.2) is 24.3 Å². The monoisotopic (exact) mass is 1180 g/mol. The highest BCUT2D eigenvalue weighted by Gasteiger charge is 2.59. The van der Waals surface area contributed by atoms with Gasteiger partial charge < -0.3 is 0 Å². The van der Waals surface area contributed by atoms with E-state index in [9.17, 15) is 0 Å². The highest BCUT2D eigenvalue weighted by atomic mass is 15.3. The van der Waals surface area contributed by atoms with Gasteiger partial charge in [0, 0.05) is 72.5 Å². The van der Waals surface area contributed by atoms with Gasteiger partial charge in [-0.25, -0.2) is 0 Å². The molecule has 0 aromatic rings. The first kappa shape index (κ1) is 62.8. The molecule has 0 heterocycles. The lowest BCUT2D eigenvalue weighted by molar-refractivity contribution is -0.153. The van der Waals surface area contributed by atoms with Gasteiger partial charge in [-0.05, 0) is 265 Å². The smallest absolute Gasteiger partial charge is 0.0164 e. The molecule has 0 aromatic heterocycles. The maximum absolute atomic E-state index is 3.57. The zero-order valence-corrected chi connectivity index (χ0v) is 56.4. The molecular weight excluding hydrogens is 1040 g/mol. The fourth-order valence-electron chi connectivity index (χ4n) is 25.9. The minimum absolute atomic E-state index is 0.837. The zero-order chi connectivity index (χ0) is 57.4. The molecule has 0 bridgehead atoms. The first-order chi connectivity index (χ1) is 42.7. The summed E-state index contributed by atoms with van der Waals surface area (Å²) in [5.74, 6) is 9.26. The number of hydrogen-bond donors (Lipinski definition) is 0. The first-order valence-corrected chi connectivity index (χ1v) is 41.1. The molecule has 0 saturated heterocycles. The van der Waals surface area contributed by atoms with Gasteiger partial charge in [-0.3, -0.25) is 19.6 Å². The Hall–Kier alpha value is -0.680.